The summed E-state index contributed by atoms with van der Waals surface area (Å²) in [6.07, 6.45) is -2.92. The van der Waals surface area contributed by atoms with E-state index < -0.39 is 11.7 Å². The van der Waals surface area contributed by atoms with Crippen molar-refractivity contribution in [3.8, 4) is 5.82 Å². The first-order valence-electron chi connectivity index (χ1n) is 8.30. The highest BCUT2D eigenvalue weighted by Gasteiger charge is 2.30. The first kappa shape index (κ1) is 18.9. The third-order valence-corrected chi connectivity index (χ3v) is 4.28. The third kappa shape index (κ3) is 3.79. The van der Waals surface area contributed by atoms with E-state index in [-0.39, 0.29) is 11.8 Å². The number of rotatable bonds is 3. The Morgan fingerprint density at radius 1 is 1.07 bits per heavy atom. The lowest BCUT2D eigenvalue weighted by Crippen LogP contribution is -2.07. The van der Waals surface area contributed by atoms with E-state index in [0.29, 0.717) is 33.5 Å². The van der Waals surface area contributed by atoms with Gasteiger partial charge in [-0.2, -0.15) is 23.1 Å². The molecule has 4 aromatic rings. The fraction of sp³-hybridized carbons (Fsp3) is 0.111. The maximum Gasteiger partial charge on any atom is 0.416 e. The van der Waals surface area contributed by atoms with Crippen molar-refractivity contribution < 1.29 is 13.2 Å². The van der Waals surface area contributed by atoms with Gasteiger partial charge in [-0.25, -0.2) is 9.97 Å². The van der Waals surface area contributed by atoms with Gasteiger partial charge in [0.15, 0.2) is 5.65 Å². The quantitative estimate of drug-likeness (QED) is 0.507. The number of imidazole rings is 1. The molecule has 0 amide bonds. The smallest absolute Gasteiger partial charge is 0.383 e. The van der Waals surface area contributed by atoms with Crippen molar-refractivity contribution in [3.05, 3.63) is 59.0 Å². The molecule has 0 bridgehead atoms. The molecule has 148 valence electrons. The minimum absolute atomic E-state index is 0.121. The van der Waals surface area contributed by atoms with E-state index in [1.165, 1.54) is 18.3 Å². The molecule has 0 spiro atoms. The monoisotopic (exact) mass is 419 g/mol. The summed E-state index contributed by atoms with van der Waals surface area (Å²) in [6.45, 7) is 1.77. The lowest BCUT2D eigenvalue weighted by Gasteiger charge is -2.11. The van der Waals surface area contributed by atoms with Crippen LogP contribution >= 0.6 is 11.6 Å². The van der Waals surface area contributed by atoms with Gasteiger partial charge in [-0.1, -0.05) is 11.6 Å². The van der Waals surface area contributed by atoms with E-state index in [1.807, 2.05) is 0 Å². The van der Waals surface area contributed by atoms with Crippen molar-refractivity contribution in [1.82, 2.24) is 24.5 Å². The van der Waals surface area contributed by atoms with Crippen molar-refractivity contribution in [2.75, 3.05) is 11.1 Å². The van der Waals surface area contributed by atoms with Crippen LogP contribution in [0, 0.1) is 6.92 Å². The molecular formula is C18H13ClF3N7. The second-order valence-corrected chi connectivity index (χ2v) is 6.60. The molecule has 0 fully saturated rings. The molecule has 7 nitrogen and oxygen atoms in total. The van der Waals surface area contributed by atoms with Crippen molar-refractivity contribution in [1.29, 1.82) is 0 Å². The zero-order chi connectivity index (χ0) is 20.8. The molecule has 1 aromatic carbocycles. The Morgan fingerprint density at radius 3 is 2.48 bits per heavy atom. The van der Waals surface area contributed by atoms with Crippen LogP contribution in [0.4, 0.5) is 30.6 Å². The summed E-state index contributed by atoms with van der Waals surface area (Å²) in [7, 11) is 0. The van der Waals surface area contributed by atoms with E-state index >= 15 is 0 Å². The second-order valence-electron chi connectivity index (χ2n) is 6.17. The first-order valence-corrected chi connectivity index (χ1v) is 8.68. The highest BCUT2D eigenvalue weighted by Crippen LogP contribution is 2.30. The summed E-state index contributed by atoms with van der Waals surface area (Å²) in [6, 6.07) is 7.76. The number of hydrogen-bond acceptors (Lipinski definition) is 6. The molecule has 0 radical (unpaired) electrons. The predicted molar refractivity (Wildman–Crippen MR) is 103 cm³/mol. The molecule has 4 rings (SSSR count). The minimum Gasteiger partial charge on any atom is -0.383 e. The molecule has 3 N–H and O–H groups in total. The lowest BCUT2D eigenvalue weighted by atomic mass is 10.2. The Kier molecular flexibility index (Phi) is 4.50. The van der Waals surface area contributed by atoms with E-state index in [1.54, 1.807) is 23.6 Å². The number of aryl methyl sites for hydroxylation is 1. The van der Waals surface area contributed by atoms with Crippen molar-refractivity contribution >= 4 is 40.2 Å². The number of nitrogens with two attached hydrogens (primary N) is 1. The van der Waals surface area contributed by atoms with E-state index in [4.69, 9.17) is 17.3 Å². The third-order valence-electron chi connectivity index (χ3n) is 4.08. The van der Waals surface area contributed by atoms with Gasteiger partial charge >= 0.3 is 6.18 Å². The molecule has 0 atom stereocenters. The fourth-order valence-electron chi connectivity index (χ4n) is 2.83. The first-order chi connectivity index (χ1) is 13.7. The van der Waals surface area contributed by atoms with Crippen LogP contribution in [0.1, 0.15) is 11.4 Å². The second kappa shape index (κ2) is 6.89. The summed E-state index contributed by atoms with van der Waals surface area (Å²) in [5, 5.41) is 3.29. The fourth-order valence-corrected chi connectivity index (χ4v) is 2.99. The van der Waals surface area contributed by atoms with Crippen molar-refractivity contribution in [2.45, 2.75) is 13.1 Å². The zero-order valence-corrected chi connectivity index (χ0v) is 15.6. The minimum atomic E-state index is -4.41. The standard InChI is InChI=1S/C18H13ClF3N7/c1-9-25-16-13(6-11(19)8-24-16)29(9)15-7-14(23)27-17(28-15)26-12-4-2-10(3-5-12)18(20,21)22/h2-8H,1H3,(H3,23,26,27,28). The largest absolute Gasteiger partial charge is 0.416 e. The molecule has 0 unspecified atom stereocenters. The molecule has 0 aliphatic rings. The summed E-state index contributed by atoms with van der Waals surface area (Å²) < 4.78 is 39.9. The predicted octanol–water partition coefficient (Wildman–Crippen LogP) is 4.52. The lowest BCUT2D eigenvalue weighted by molar-refractivity contribution is -0.137. The Hall–Kier alpha value is -3.40. The number of nitrogens with zero attached hydrogens (tertiary/aromatic N) is 5. The summed E-state index contributed by atoms with van der Waals surface area (Å²) in [5.41, 5.74) is 6.66. The SMILES string of the molecule is Cc1nc2ncc(Cl)cc2n1-c1cc(N)nc(Nc2ccc(C(F)(F)F)cc2)n1. The highest BCUT2D eigenvalue weighted by molar-refractivity contribution is 6.31. The van der Waals surface area contributed by atoms with Crippen LogP contribution in [0.15, 0.2) is 42.6 Å². The van der Waals surface area contributed by atoms with Crippen LogP contribution in [-0.4, -0.2) is 24.5 Å². The normalized spacial score (nSPS) is 11.8. The number of anilines is 3. The van der Waals surface area contributed by atoms with Gasteiger partial charge in [0, 0.05) is 18.0 Å². The summed E-state index contributed by atoms with van der Waals surface area (Å²) >= 11 is 6.05. The summed E-state index contributed by atoms with van der Waals surface area (Å²) in [4.78, 5) is 17.1. The van der Waals surface area contributed by atoms with Gasteiger partial charge in [0.05, 0.1) is 16.1 Å². The van der Waals surface area contributed by atoms with Crippen molar-refractivity contribution in [2.24, 2.45) is 0 Å². The van der Waals surface area contributed by atoms with Gasteiger partial charge in [0.25, 0.3) is 0 Å². The van der Waals surface area contributed by atoms with Gasteiger partial charge in [0.1, 0.15) is 17.5 Å². The number of alkyl halides is 3. The molecule has 0 saturated carbocycles. The maximum atomic E-state index is 12.7. The Balaban J connectivity index is 1.72. The molecule has 3 aromatic heterocycles. The average molecular weight is 420 g/mol. The van der Waals surface area contributed by atoms with Crippen LogP contribution in [0.3, 0.4) is 0 Å². The Bertz CT molecular complexity index is 1200. The number of nitrogens with one attached hydrogen (secondary N) is 1. The number of halogens is 4. The number of nitrogen functional groups attached to an aromatic ring is 1. The Morgan fingerprint density at radius 2 is 1.79 bits per heavy atom. The van der Waals surface area contributed by atoms with Crippen LogP contribution in [0.2, 0.25) is 5.02 Å². The van der Waals surface area contributed by atoms with Crippen LogP contribution in [0.5, 0.6) is 0 Å². The molecule has 29 heavy (non-hydrogen) atoms. The molecule has 0 aliphatic carbocycles. The van der Waals surface area contributed by atoms with Gasteiger partial charge in [-0.15, -0.1) is 0 Å². The van der Waals surface area contributed by atoms with Gasteiger partial charge in [-0.3, -0.25) is 4.57 Å². The van der Waals surface area contributed by atoms with E-state index in [0.717, 1.165) is 12.1 Å². The zero-order valence-electron chi connectivity index (χ0n) is 14.9. The maximum absolute atomic E-state index is 12.7. The van der Waals surface area contributed by atoms with Crippen LogP contribution < -0.4 is 11.1 Å². The van der Waals surface area contributed by atoms with E-state index in [9.17, 15) is 13.2 Å². The van der Waals surface area contributed by atoms with Crippen LogP contribution in [0.25, 0.3) is 17.0 Å². The Labute approximate surface area is 167 Å². The van der Waals surface area contributed by atoms with Gasteiger partial charge < -0.3 is 11.1 Å². The summed E-state index contributed by atoms with van der Waals surface area (Å²) in [5.74, 6) is 1.31. The molecular weight excluding hydrogens is 407 g/mol. The van der Waals surface area contributed by atoms with Gasteiger partial charge in [-0.05, 0) is 37.3 Å². The number of benzene rings is 1. The highest BCUT2D eigenvalue weighted by atomic mass is 35.5. The number of pyridine rings is 1. The molecule has 11 heteroatoms. The molecule has 3 heterocycles. The average Bonchev–Trinajstić information content (AvgIpc) is 2.96. The molecule has 0 aliphatic heterocycles. The van der Waals surface area contributed by atoms with Gasteiger partial charge in [0.2, 0.25) is 5.95 Å². The number of fused-ring (bicyclic) bond motifs is 1. The van der Waals surface area contributed by atoms with Crippen molar-refractivity contribution in [3.63, 3.8) is 0 Å². The molecule has 0 saturated heterocycles. The number of aromatic nitrogens is 5. The number of hydrogen-bond donors (Lipinski definition) is 2. The van der Waals surface area contributed by atoms with Crippen LogP contribution in [-0.2, 0) is 6.18 Å². The topological polar surface area (TPSA) is 94.5 Å². The van der Waals surface area contributed by atoms with E-state index in [2.05, 4.69) is 25.3 Å².